The molecule has 5 nitrogen and oxygen atoms in total. The summed E-state index contributed by atoms with van der Waals surface area (Å²) in [6, 6.07) is 24.8. The molecule has 0 amide bonds. The highest BCUT2D eigenvalue weighted by atomic mass is 35.5. The van der Waals surface area contributed by atoms with E-state index in [2.05, 4.69) is 38.8 Å². The molecule has 0 radical (unpaired) electrons. The van der Waals surface area contributed by atoms with Crippen LogP contribution >= 0.6 is 11.6 Å². The fourth-order valence-electron chi connectivity index (χ4n) is 5.92. The van der Waals surface area contributed by atoms with Crippen LogP contribution in [0.3, 0.4) is 0 Å². The number of fused-ring (bicyclic) bond motifs is 6. The van der Waals surface area contributed by atoms with E-state index >= 15 is 0 Å². The summed E-state index contributed by atoms with van der Waals surface area (Å²) in [4.78, 5) is 14.0. The predicted octanol–water partition coefficient (Wildman–Crippen LogP) is 10.2. The fourth-order valence-corrected chi connectivity index (χ4v) is 6.17. The van der Waals surface area contributed by atoms with Crippen LogP contribution in [0.1, 0.15) is 18.1 Å². The van der Waals surface area contributed by atoms with E-state index in [0.29, 0.717) is 33.1 Å². The van der Waals surface area contributed by atoms with Crippen molar-refractivity contribution in [3.8, 4) is 39.9 Å². The van der Waals surface area contributed by atoms with Gasteiger partial charge in [-0.3, -0.25) is 4.57 Å². The lowest BCUT2D eigenvalue weighted by Gasteiger charge is -2.08. The highest BCUT2D eigenvalue weighted by molar-refractivity contribution is 6.36. The highest BCUT2D eigenvalue weighted by Crippen LogP contribution is 2.40. The molecule has 6 heteroatoms. The lowest BCUT2D eigenvalue weighted by atomic mass is 10.1. The van der Waals surface area contributed by atoms with Gasteiger partial charge in [-0.05, 0) is 36.4 Å². The van der Waals surface area contributed by atoms with Crippen molar-refractivity contribution in [1.29, 1.82) is 0 Å². The van der Waals surface area contributed by atoms with Crippen LogP contribution in [0.25, 0.3) is 84.8 Å². The third kappa shape index (κ3) is 4.18. The van der Waals surface area contributed by atoms with E-state index in [-0.39, 0.29) is 17.2 Å². The highest BCUT2D eigenvalue weighted by Gasteiger charge is 2.24. The maximum atomic E-state index is 8.57. The SMILES string of the molecule is [2H]c1c([2H])c([2H])c(-c2nc(-c3ccccc3)nc(-c3ccc4c(c3)oc3c(Cl)cc(-n5c6c(c7ccccc75)C=[C+]C=C6)cc34)n2)c([2H])c1[2H]. The molecule has 0 saturated heterocycles. The van der Waals surface area contributed by atoms with Gasteiger partial charge in [-0.1, -0.05) is 90.3 Å². The average Bonchev–Trinajstić information content (AvgIpc) is 3.69. The van der Waals surface area contributed by atoms with E-state index in [1.807, 2.05) is 85.0 Å². The smallest absolute Gasteiger partial charge is 0.168 e. The van der Waals surface area contributed by atoms with Gasteiger partial charge in [-0.25, -0.2) is 15.0 Å². The minimum atomic E-state index is -0.491. The molecule has 1 aliphatic rings. The minimum Gasteiger partial charge on any atom is -0.454 e. The normalized spacial score (nSPS) is 13.8. The number of aromatic nitrogens is 4. The molecule has 8 aromatic rings. The van der Waals surface area contributed by atoms with Crippen molar-refractivity contribution in [2.75, 3.05) is 0 Å². The molecular weight excluding hydrogens is 576 g/mol. The second-order valence-corrected chi connectivity index (χ2v) is 11.0. The predicted molar refractivity (Wildman–Crippen MR) is 182 cm³/mol. The summed E-state index contributed by atoms with van der Waals surface area (Å²) in [7, 11) is 0. The first-order valence-corrected chi connectivity index (χ1v) is 14.6. The summed E-state index contributed by atoms with van der Waals surface area (Å²) >= 11 is 6.93. The topological polar surface area (TPSA) is 56.7 Å². The molecule has 0 saturated carbocycles. The second kappa shape index (κ2) is 10.1. The molecule has 0 N–H and O–H groups in total. The number of hydrogen-bond donors (Lipinski definition) is 0. The van der Waals surface area contributed by atoms with Gasteiger partial charge >= 0.3 is 0 Å². The minimum absolute atomic E-state index is 0.0352. The number of nitrogens with zero attached hydrogens (tertiary/aromatic N) is 4. The van der Waals surface area contributed by atoms with E-state index in [1.165, 1.54) is 0 Å². The molecule has 0 atom stereocenters. The zero-order chi connectivity index (χ0) is 34.3. The Morgan fingerprint density at radius 2 is 1.47 bits per heavy atom. The molecule has 5 aromatic carbocycles. The Kier molecular flexibility index (Phi) is 4.70. The quantitative estimate of drug-likeness (QED) is 0.188. The van der Waals surface area contributed by atoms with Crippen LogP contribution < -0.4 is 0 Å². The number of allylic oxidation sites excluding steroid dienone is 2. The molecular formula is C39H22ClN4O+. The molecule has 1 aliphatic carbocycles. The monoisotopic (exact) mass is 602 g/mol. The van der Waals surface area contributed by atoms with Crippen LogP contribution in [0.5, 0.6) is 0 Å². The first-order valence-electron chi connectivity index (χ1n) is 16.7. The standard InChI is InChI=1S/C39H22ClN4O/c40-32-23-27(44-33-17-9-7-15-28(33)29-16-8-10-18-34(29)44)22-31-30-20-19-26(21-35(30)45-36(31)32)39-42-37(24-11-3-1-4-12-24)41-38(43-39)25-13-5-2-6-14-25/h1-7,9-23H/q+1/i1D,3D,4D,11D,12D. The van der Waals surface area contributed by atoms with Crippen molar-refractivity contribution < 1.29 is 11.3 Å². The van der Waals surface area contributed by atoms with Gasteiger partial charge in [-0.15, -0.1) is 0 Å². The Labute approximate surface area is 270 Å². The third-order valence-corrected chi connectivity index (χ3v) is 8.22. The van der Waals surface area contributed by atoms with E-state index in [4.69, 9.17) is 27.9 Å². The van der Waals surface area contributed by atoms with Gasteiger partial charge in [0.15, 0.2) is 28.8 Å². The van der Waals surface area contributed by atoms with Gasteiger partial charge in [0, 0.05) is 33.5 Å². The summed E-state index contributed by atoms with van der Waals surface area (Å²) in [6.07, 6.45) is 9.14. The lowest BCUT2D eigenvalue weighted by molar-refractivity contribution is 0.669. The first kappa shape index (κ1) is 20.9. The number of rotatable bonds is 4. The van der Waals surface area contributed by atoms with Gasteiger partial charge in [0.2, 0.25) is 0 Å². The maximum Gasteiger partial charge on any atom is 0.168 e. The summed E-state index contributed by atoms with van der Waals surface area (Å²) in [5.74, 6) is 0.502. The Morgan fingerprint density at radius 3 is 2.31 bits per heavy atom. The number of hydrogen-bond acceptors (Lipinski definition) is 4. The number of benzene rings is 5. The molecule has 210 valence electrons. The van der Waals surface area contributed by atoms with Crippen molar-refractivity contribution in [3.63, 3.8) is 0 Å². The van der Waals surface area contributed by atoms with E-state index in [0.717, 1.165) is 38.6 Å². The number of furan rings is 1. The second-order valence-electron chi connectivity index (χ2n) is 10.6. The number of halogens is 1. The molecule has 0 unspecified atom stereocenters. The van der Waals surface area contributed by atoms with Gasteiger partial charge in [0.05, 0.1) is 34.5 Å². The van der Waals surface area contributed by atoms with Crippen molar-refractivity contribution in [2.24, 2.45) is 0 Å². The summed E-state index contributed by atoms with van der Waals surface area (Å²) in [5, 5.41) is 3.25. The Morgan fingerprint density at radius 1 is 0.711 bits per heavy atom. The van der Waals surface area contributed by atoms with Gasteiger partial charge in [0.1, 0.15) is 23.3 Å². The summed E-state index contributed by atoms with van der Waals surface area (Å²) in [6.45, 7) is 0. The summed E-state index contributed by atoms with van der Waals surface area (Å²) < 4.78 is 50.2. The van der Waals surface area contributed by atoms with Crippen molar-refractivity contribution >= 4 is 56.6 Å². The van der Waals surface area contributed by atoms with Crippen molar-refractivity contribution in [2.45, 2.75) is 0 Å². The summed E-state index contributed by atoms with van der Waals surface area (Å²) in [5.41, 5.74) is 6.31. The van der Waals surface area contributed by atoms with Crippen molar-refractivity contribution in [1.82, 2.24) is 19.5 Å². The van der Waals surface area contributed by atoms with Crippen LogP contribution in [-0.2, 0) is 0 Å². The lowest BCUT2D eigenvalue weighted by Crippen LogP contribution is -2.00. The van der Waals surface area contributed by atoms with Crippen LogP contribution in [0.4, 0.5) is 0 Å². The zero-order valence-corrected chi connectivity index (χ0v) is 24.1. The average molecular weight is 603 g/mol. The zero-order valence-electron chi connectivity index (χ0n) is 28.4. The molecule has 0 aliphatic heterocycles. The van der Waals surface area contributed by atoms with Crippen LogP contribution in [-0.4, -0.2) is 19.5 Å². The van der Waals surface area contributed by atoms with E-state index in [9.17, 15) is 0 Å². The molecule has 0 bridgehead atoms. The van der Waals surface area contributed by atoms with Crippen LogP contribution in [0.15, 0.2) is 126 Å². The fraction of sp³-hybridized carbons (Fsp3) is 0. The Bertz CT molecular complexity index is 2760. The molecule has 0 spiro atoms. The van der Waals surface area contributed by atoms with Gasteiger partial charge in [-0.2, -0.15) is 0 Å². The van der Waals surface area contributed by atoms with Gasteiger partial charge < -0.3 is 4.42 Å². The molecule has 3 heterocycles. The Balaban J connectivity index is 1.23. The first-order chi connectivity index (χ1) is 24.3. The maximum absolute atomic E-state index is 8.57. The molecule has 3 aromatic heterocycles. The van der Waals surface area contributed by atoms with Crippen LogP contribution in [0.2, 0.25) is 5.02 Å². The number of para-hydroxylation sites is 1. The Hall–Kier alpha value is -5.87. The van der Waals surface area contributed by atoms with Gasteiger partial charge in [0.25, 0.3) is 0 Å². The van der Waals surface area contributed by atoms with E-state index < -0.39 is 30.2 Å². The van der Waals surface area contributed by atoms with Crippen LogP contribution in [0, 0.1) is 6.08 Å². The molecule has 45 heavy (non-hydrogen) atoms. The van der Waals surface area contributed by atoms with E-state index in [1.54, 1.807) is 0 Å². The van der Waals surface area contributed by atoms with Crippen molar-refractivity contribution in [3.05, 3.63) is 144 Å². The third-order valence-electron chi connectivity index (χ3n) is 7.94. The molecule has 9 rings (SSSR count). The largest absolute Gasteiger partial charge is 0.454 e. The molecule has 0 fully saturated rings.